The van der Waals surface area contributed by atoms with Gasteiger partial charge in [0.25, 0.3) is 5.91 Å². The van der Waals surface area contributed by atoms with Crippen LogP contribution in [0.3, 0.4) is 0 Å². The van der Waals surface area contributed by atoms with E-state index >= 15 is 0 Å². The third-order valence-electron chi connectivity index (χ3n) is 3.51. The standard InChI is InChI=1S/C16H19BrN2O6/c1-4-24-13-11(17)7-10(8-12(13)23-3)15(21)25-9(2)14(20)19-6-5-18-16(19)22/h7-9H,4-6H2,1-3H3,(H,18,22)/t9-/m0/s1. The molecule has 0 spiro atoms. The van der Waals surface area contributed by atoms with Crippen LogP contribution in [0.15, 0.2) is 16.6 Å². The molecule has 1 aromatic rings. The molecule has 8 nitrogen and oxygen atoms in total. The number of carbonyl (C=O) groups excluding carboxylic acids is 3. The Morgan fingerprint density at radius 1 is 1.40 bits per heavy atom. The zero-order chi connectivity index (χ0) is 18.6. The topological polar surface area (TPSA) is 94.2 Å². The van der Waals surface area contributed by atoms with Crippen LogP contribution in [-0.2, 0) is 9.53 Å². The average molecular weight is 415 g/mol. The minimum Gasteiger partial charge on any atom is -0.493 e. The summed E-state index contributed by atoms with van der Waals surface area (Å²) in [5.74, 6) is -0.441. The number of hydrogen-bond acceptors (Lipinski definition) is 6. The van der Waals surface area contributed by atoms with Gasteiger partial charge in [0.05, 0.1) is 23.8 Å². The minimum absolute atomic E-state index is 0.192. The number of benzene rings is 1. The summed E-state index contributed by atoms with van der Waals surface area (Å²) in [5.41, 5.74) is 0.192. The van der Waals surface area contributed by atoms with E-state index in [1.54, 1.807) is 0 Å². The van der Waals surface area contributed by atoms with Crippen LogP contribution in [0.2, 0.25) is 0 Å². The number of carbonyl (C=O) groups is 3. The van der Waals surface area contributed by atoms with Crippen molar-refractivity contribution in [3.63, 3.8) is 0 Å². The van der Waals surface area contributed by atoms with Gasteiger partial charge in [-0.15, -0.1) is 0 Å². The lowest BCUT2D eigenvalue weighted by Crippen LogP contribution is -2.41. The number of ether oxygens (including phenoxy) is 3. The molecule has 0 saturated carbocycles. The summed E-state index contributed by atoms with van der Waals surface area (Å²) < 4.78 is 16.4. The highest BCUT2D eigenvalue weighted by molar-refractivity contribution is 9.10. The van der Waals surface area contributed by atoms with Crippen LogP contribution in [0.5, 0.6) is 11.5 Å². The van der Waals surface area contributed by atoms with Crippen LogP contribution in [0.25, 0.3) is 0 Å². The van der Waals surface area contributed by atoms with Crippen LogP contribution >= 0.6 is 15.9 Å². The van der Waals surface area contributed by atoms with E-state index in [0.717, 1.165) is 4.90 Å². The summed E-state index contributed by atoms with van der Waals surface area (Å²) in [6.07, 6.45) is -1.09. The smallest absolute Gasteiger partial charge is 0.339 e. The van der Waals surface area contributed by atoms with Crippen molar-refractivity contribution in [2.45, 2.75) is 20.0 Å². The molecule has 0 bridgehead atoms. The number of nitrogens with one attached hydrogen (secondary N) is 1. The Morgan fingerprint density at radius 3 is 2.68 bits per heavy atom. The lowest BCUT2D eigenvalue weighted by Gasteiger charge is -2.18. The molecule has 25 heavy (non-hydrogen) atoms. The fourth-order valence-electron chi connectivity index (χ4n) is 2.30. The number of rotatable bonds is 6. The van der Waals surface area contributed by atoms with E-state index in [-0.39, 0.29) is 12.1 Å². The molecule has 9 heteroatoms. The van der Waals surface area contributed by atoms with Crippen LogP contribution in [0.1, 0.15) is 24.2 Å². The number of hydrogen-bond donors (Lipinski definition) is 1. The number of methoxy groups -OCH3 is 1. The molecule has 1 aromatic carbocycles. The Labute approximate surface area is 153 Å². The number of nitrogens with zero attached hydrogens (tertiary/aromatic N) is 1. The molecule has 0 unspecified atom stereocenters. The van der Waals surface area contributed by atoms with Gasteiger partial charge in [0.1, 0.15) is 0 Å². The normalized spacial score (nSPS) is 14.7. The van der Waals surface area contributed by atoms with Crippen LogP contribution in [0.4, 0.5) is 4.79 Å². The third kappa shape index (κ3) is 4.22. The van der Waals surface area contributed by atoms with E-state index < -0.39 is 24.0 Å². The summed E-state index contributed by atoms with van der Waals surface area (Å²) in [6.45, 7) is 4.32. The van der Waals surface area contributed by atoms with Gasteiger partial charge in [0, 0.05) is 13.1 Å². The molecule has 1 aliphatic heterocycles. The Hall–Kier alpha value is -2.29. The number of urea groups is 1. The second kappa shape index (κ2) is 8.19. The lowest BCUT2D eigenvalue weighted by molar-refractivity contribution is -0.136. The Bertz CT molecular complexity index is 693. The number of esters is 1. The van der Waals surface area contributed by atoms with Crippen molar-refractivity contribution in [2.24, 2.45) is 0 Å². The maximum Gasteiger partial charge on any atom is 0.339 e. The van der Waals surface area contributed by atoms with Gasteiger partial charge >= 0.3 is 12.0 Å². The summed E-state index contributed by atoms with van der Waals surface area (Å²) in [6, 6.07) is 2.51. The maximum atomic E-state index is 12.3. The number of amides is 3. The average Bonchev–Trinajstić information content (AvgIpc) is 3.01. The van der Waals surface area contributed by atoms with Crippen molar-refractivity contribution in [1.82, 2.24) is 10.2 Å². The van der Waals surface area contributed by atoms with Gasteiger partial charge < -0.3 is 19.5 Å². The van der Waals surface area contributed by atoms with Gasteiger partial charge in [-0.05, 0) is 41.9 Å². The zero-order valence-corrected chi connectivity index (χ0v) is 15.7. The summed E-state index contributed by atoms with van der Waals surface area (Å²) in [7, 11) is 1.46. The molecule has 2 rings (SSSR count). The van der Waals surface area contributed by atoms with Gasteiger partial charge in [0.15, 0.2) is 17.6 Å². The highest BCUT2D eigenvalue weighted by Gasteiger charge is 2.32. The fraction of sp³-hybridized carbons (Fsp3) is 0.438. The van der Waals surface area contributed by atoms with E-state index in [2.05, 4.69) is 21.2 Å². The summed E-state index contributed by atoms with van der Waals surface area (Å²) >= 11 is 3.32. The van der Waals surface area contributed by atoms with Gasteiger partial charge in [-0.2, -0.15) is 0 Å². The molecular formula is C16H19BrN2O6. The first kappa shape index (κ1) is 19.0. The van der Waals surface area contributed by atoms with Crippen molar-refractivity contribution in [2.75, 3.05) is 26.8 Å². The number of halogens is 1. The molecule has 0 radical (unpaired) electrons. The Balaban J connectivity index is 2.13. The van der Waals surface area contributed by atoms with Crippen molar-refractivity contribution < 1.29 is 28.6 Å². The van der Waals surface area contributed by atoms with E-state index in [4.69, 9.17) is 14.2 Å². The van der Waals surface area contributed by atoms with Crippen molar-refractivity contribution in [3.05, 3.63) is 22.2 Å². The van der Waals surface area contributed by atoms with E-state index in [9.17, 15) is 14.4 Å². The molecular weight excluding hydrogens is 396 g/mol. The van der Waals surface area contributed by atoms with Crippen LogP contribution < -0.4 is 14.8 Å². The quantitative estimate of drug-likeness (QED) is 0.714. The highest BCUT2D eigenvalue weighted by Crippen LogP contribution is 2.36. The van der Waals surface area contributed by atoms with E-state index in [0.29, 0.717) is 29.1 Å². The first-order chi connectivity index (χ1) is 11.9. The van der Waals surface area contributed by atoms with E-state index in [1.165, 1.54) is 26.2 Å². The third-order valence-corrected chi connectivity index (χ3v) is 4.10. The zero-order valence-electron chi connectivity index (χ0n) is 14.1. The van der Waals surface area contributed by atoms with Crippen molar-refractivity contribution >= 4 is 33.8 Å². The Kier molecular flexibility index (Phi) is 6.24. The first-order valence-electron chi connectivity index (χ1n) is 7.69. The number of imide groups is 1. The molecule has 3 amide bonds. The van der Waals surface area contributed by atoms with Gasteiger partial charge in [0.2, 0.25) is 0 Å². The molecule has 0 aromatic heterocycles. The molecule has 1 atom stereocenters. The monoisotopic (exact) mass is 414 g/mol. The van der Waals surface area contributed by atoms with E-state index in [1.807, 2.05) is 6.92 Å². The molecule has 1 N–H and O–H groups in total. The molecule has 1 saturated heterocycles. The summed E-state index contributed by atoms with van der Waals surface area (Å²) in [5, 5.41) is 2.52. The largest absolute Gasteiger partial charge is 0.493 e. The SMILES string of the molecule is CCOc1c(Br)cc(C(=O)O[C@@H](C)C(=O)N2CCNC2=O)cc1OC. The molecule has 1 aliphatic rings. The van der Waals surface area contributed by atoms with Gasteiger partial charge in [-0.1, -0.05) is 0 Å². The Morgan fingerprint density at radius 2 is 2.12 bits per heavy atom. The molecule has 1 fully saturated rings. The minimum atomic E-state index is -1.09. The molecule has 136 valence electrons. The predicted molar refractivity (Wildman–Crippen MR) is 91.9 cm³/mol. The fourth-order valence-corrected chi connectivity index (χ4v) is 2.86. The van der Waals surface area contributed by atoms with Gasteiger partial charge in [-0.25, -0.2) is 9.59 Å². The van der Waals surface area contributed by atoms with Crippen molar-refractivity contribution in [1.29, 1.82) is 0 Å². The van der Waals surface area contributed by atoms with Crippen LogP contribution in [-0.4, -0.2) is 55.7 Å². The summed E-state index contributed by atoms with van der Waals surface area (Å²) in [4.78, 5) is 37.1. The predicted octanol–water partition coefficient (Wildman–Crippen LogP) is 1.95. The highest BCUT2D eigenvalue weighted by atomic mass is 79.9. The molecule has 0 aliphatic carbocycles. The van der Waals surface area contributed by atoms with Crippen molar-refractivity contribution in [3.8, 4) is 11.5 Å². The maximum absolute atomic E-state index is 12.3. The second-order valence-corrected chi connectivity index (χ2v) is 6.05. The molecule has 1 heterocycles. The second-order valence-electron chi connectivity index (χ2n) is 5.19. The van der Waals surface area contributed by atoms with Gasteiger partial charge in [-0.3, -0.25) is 9.69 Å². The van der Waals surface area contributed by atoms with Crippen LogP contribution in [0, 0.1) is 0 Å². The first-order valence-corrected chi connectivity index (χ1v) is 8.48. The lowest BCUT2D eigenvalue weighted by atomic mass is 10.2.